The van der Waals surface area contributed by atoms with Gasteiger partial charge >= 0.3 is 0 Å². The summed E-state index contributed by atoms with van der Waals surface area (Å²) >= 11 is 0. The second kappa shape index (κ2) is 9.31. The van der Waals surface area contributed by atoms with E-state index in [1.165, 1.54) is 0 Å². The SMILES string of the molecule is CCCOc1ccc(C(=O)N(Cc2cccc(OC)c2)C2CCS(=O)(=O)C2)cc1. The molecule has 0 saturated carbocycles. The van der Waals surface area contributed by atoms with Gasteiger partial charge < -0.3 is 14.4 Å². The quantitative estimate of drug-likeness (QED) is 0.659. The molecule has 0 spiro atoms. The minimum absolute atomic E-state index is 0.000400. The smallest absolute Gasteiger partial charge is 0.254 e. The minimum Gasteiger partial charge on any atom is -0.497 e. The van der Waals surface area contributed by atoms with Crippen LogP contribution in [0.15, 0.2) is 48.5 Å². The topological polar surface area (TPSA) is 72.9 Å². The van der Waals surface area contributed by atoms with Crippen LogP contribution in [0.25, 0.3) is 0 Å². The van der Waals surface area contributed by atoms with Crippen molar-refractivity contribution in [1.82, 2.24) is 4.90 Å². The van der Waals surface area contributed by atoms with Crippen LogP contribution >= 0.6 is 0 Å². The average Bonchev–Trinajstić information content (AvgIpc) is 3.10. The standard InChI is InChI=1S/C22H27NO5S/c1-3-12-28-20-9-7-18(8-10-20)22(24)23(19-11-13-29(25,26)16-19)15-17-5-4-6-21(14-17)27-2/h4-10,14,19H,3,11-13,15-16H2,1-2H3. The zero-order chi connectivity index (χ0) is 20.9. The van der Waals surface area contributed by atoms with Crippen molar-refractivity contribution in [3.8, 4) is 11.5 Å². The monoisotopic (exact) mass is 417 g/mol. The fraction of sp³-hybridized carbons (Fsp3) is 0.409. The summed E-state index contributed by atoms with van der Waals surface area (Å²) in [6.45, 7) is 2.98. The number of sulfone groups is 1. The summed E-state index contributed by atoms with van der Waals surface area (Å²) in [6.07, 6.45) is 1.36. The Morgan fingerprint density at radius 1 is 1.14 bits per heavy atom. The molecular weight excluding hydrogens is 390 g/mol. The molecule has 29 heavy (non-hydrogen) atoms. The van der Waals surface area contributed by atoms with E-state index in [4.69, 9.17) is 9.47 Å². The molecule has 0 aromatic heterocycles. The first-order valence-corrected chi connectivity index (χ1v) is 11.6. The Morgan fingerprint density at radius 2 is 1.90 bits per heavy atom. The van der Waals surface area contributed by atoms with Gasteiger partial charge in [0.2, 0.25) is 0 Å². The van der Waals surface area contributed by atoms with Gasteiger partial charge in [0.1, 0.15) is 11.5 Å². The van der Waals surface area contributed by atoms with Crippen LogP contribution in [-0.2, 0) is 16.4 Å². The van der Waals surface area contributed by atoms with Crippen LogP contribution in [0.3, 0.4) is 0 Å². The fourth-order valence-corrected chi connectivity index (χ4v) is 5.17. The van der Waals surface area contributed by atoms with Crippen molar-refractivity contribution in [2.45, 2.75) is 32.4 Å². The Morgan fingerprint density at radius 3 is 2.52 bits per heavy atom. The Hall–Kier alpha value is -2.54. The van der Waals surface area contributed by atoms with Gasteiger partial charge in [0.25, 0.3) is 5.91 Å². The summed E-state index contributed by atoms with van der Waals surface area (Å²) in [6, 6.07) is 14.2. The van der Waals surface area contributed by atoms with Crippen molar-refractivity contribution in [1.29, 1.82) is 0 Å². The number of carbonyl (C=O) groups is 1. The fourth-order valence-electron chi connectivity index (χ4n) is 3.43. The summed E-state index contributed by atoms with van der Waals surface area (Å²) in [5.41, 5.74) is 1.41. The highest BCUT2D eigenvalue weighted by atomic mass is 32.2. The Kier molecular flexibility index (Phi) is 6.79. The lowest BCUT2D eigenvalue weighted by atomic mass is 10.1. The molecule has 156 valence electrons. The maximum absolute atomic E-state index is 13.3. The first-order valence-electron chi connectivity index (χ1n) is 9.79. The molecule has 3 rings (SSSR count). The van der Waals surface area contributed by atoms with Crippen molar-refractivity contribution in [3.63, 3.8) is 0 Å². The third kappa shape index (κ3) is 5.50. The van der Waals surface area contributed by atoms with E-state index in [0.717, 1.165) is 12.0 Å². The number of benzene rings is 2. The Bertz CT molecular complexity index is 940. The normalized spacial score (nSPS) is 17.7. The van der Waals surface area contributed by atoms with Crippen molar-refractivity contribution < 1.29 is 22.7 Å². The van der Waals surface area contributed by atoms with Gasteiger partial charge in [0, 0.05) is 18.2 Å². The number of nitrogens with zero attached hydrogens (tertiary/aromatic N) is 1. The van der Waals surface area contributed by atoms with Crippen LogP contribution in [0.2, 0.25) is 0 Å². The third-order valence-electron chi connectivity index (χ3n) is 4.97. The number of ether oxygens (including phenoxy) is 2. The van der Waals surface area contributed by atoms with E-state index in [1.807, 2.05) is 31.2 Å². The van der Waals surface area contributed by atoms with Crippen LogP contribution in [-0.4, -0.2) is 50.5 Å². The minimum atomic E-state index is -3.12. The molecule has 7 heteroatoms. The van der Waals surface area contributed by atoms with Crippen LogP contribution in [0.1, 0.15) is 35.7 Å². The van der Waals surface area contributed by atoms with Crippen LogP contribution in [0.5, 0.6) is 11.5 Å². The molecule has 2 aromatic carbocycles. The van der Waals surface area contributed by atoms with E-state index in [-0.39, 0.29) is 23.5 Å². The van der Waals surface area contributed by atoms with E-state index in [0.29, 0.717) is 36.6 Å². The van der Waals surface area contributed by atoms with Crippen LogP contribution in [0.4, 0.5) is 0 Å². The van der Waals surface area contributed by atoms with Gasteiger partial charge in [0.15, 0.2) is 9.84 Å². The second-order valence-corrected chi connectivity index (χ2v) is 9.44. The molecule has 1 amide bonds. The highest BCUT2D eigenvalue weighted by Crippen LogP contribution is 2.24. The predicted molar refractivity (Wildman–Crippen MR) is 112 cm³/mol. The van der Waals surface area contributed by atoms with Gasteiger partial charge in [0.05, 0.1) is 25.2 Å². The molecule has 1 unspecified atom stereocenters. The summed E-state index contributed by atoms with van der Waals surface area (Å²) in [7, 11) is -1.53. The molecular formula is C22H27NO5S. The predicted octanol–water partition coefficient (Wildman–Crippen LogP) is 3.31. The van der Waals surface area contributed by atoms with Gasteiger partial charge in [-0.15, -0.1) is 0 Å². The summed E-state index contributed by atoms with van der Waals surface area (Å²) in [5, 5.41) is 0. The van der Waals surface area contributed by atoms with Crippen molar-refractivity contribution in [3.05, 3.63) is 59.7 Å². The lowest BCUT2D eigenvalue weighted by Gasteiger charge is -2.29. The van der Waals surface area contributed by atoms with E-state index in [2.05, 4.69) is 0 Å². The first-order chi connectivity index (χ1) is 13.9. The van der Waals surface area contributed by atoms with Gasteiger partial charge in [-0.05, 0) is 54.8 Å². The van der Waals surface area contributed by atoms with Gasteiger partial charge in [-0.3, -0.25) is 4.79 Å². The zero-order valence-corrected chi connectivity index (χ0v) is 17.7. The summed E-state index contributed by atoms with van der Waals surface area (Å²) < 4.78 is 34.9. The van der Waals surface area contributed by atoms with E-state index in [9.17, 15) is 13.2 Å². The molecule has 6 nitrogen and oxygen atoms in total. The van der Waals surface area contributed by atoms with E-state index in [1.54, 1.807) is 36.3 Å². The highest BCUT2D eigenvalue weighted by molar-refractivity contribution is 7.91. The Labute approximate surface area is 172 Å². The maximum atomic E-state index is 13.3. The lowest BCUT2D eigenvalue weighted by molar-refractivity contribution is 0.0680. The van der Waals surface area contributed by atoms with Crippen molar-refractivity contribution in [2.24, 2.45) is 0 Å². The molecule has 1 fully saturated rings. The molecule has 0 N–H and O–H groups in total. The van der Waals surface area contributed by atoms with Crippen LogP contribution < -0.4 is 9.47 Å². The van der Waals surface area contributed by atoms with Gasteiger partial charge in [-0.1, -0.05) is 19.1 Å². The number of amides is 1. The zero-order valence-electron chi connectivity index (χ0n) is 16.8. The van der Waals surface area contributed by atoms with E-state index >= 15 is 0 Å². The summed E-state index contributed by atoms with van der Waals surface area (Å²) in [5.74, 6) is 1.35. The van der Waals surface area contributed by atoms with E-state index < -0.39 is 9.84 Å². The number of methoxy groups -OCH3 is 1. The molecule has 1 atom stereocenters. The molecule has 1 aliphatic rings. The average molecular weight is 418 g/mol. The largest absolute Gasteiger partial charge is 0.497 e. The molecule has 0 bridgehead atoms. The molecule has 2 aromatic rings. The number of carbonyl (C=O) groups excluding carboxylic acids is 1. The number of hydrogen-bond acceptors (Lipinski definition) is 5. The lowest BCUT2D eigenvalue weighted by Crippen LogP contribution is -2.40. The molecule has 0 aliphatic carbocycles. The van der Waals surface area contributed by atoms with Crippen LogP contribution in [0, 0.1) is 0 Å². The number of hydrogen-bond donors (Lipinski definition) is 0. The van der Waals surface area contributed by atoms with Crippen molar-refractivity contribution >= 4 is 15.7 Å². The summed E-state index contributed by atoms with van der Waals surface area (Å²) in [4.78, 5) is 15.0. The number of rotatable bonds is 8. The molecule has 1 heterocycles. The molecule has 1 aliphatic heterocycles. The van der Waals surface area contributed by atoms with Crippen molar-refractivity contribution in [2.75, 3.05) is 25.2 Å². The molecule has 1 saturated heterocycles. The third-order valence-corrected chi connectivity index (χ3v) is 6.72. The van der Waals surface area contributed by atoms with Gasteiger partial charge in [-0.25, -0.2) is 8.42 Å². The van der Waals surface area contributed by atoms with Gasteiger partial charge in [-0.2, -0.15) is 0 Å². The highest BCUT2D eigenvalue weighted by Gasteiger charge is 2.35. The first kappa shape index (κ1) is 21.2. The second-order valence-electron chi connectivity index (χ2n) is 7.21. The Balaban J connectivity index is 1.84. The molecule has 0 radical (unpaired) electrons. The maximum Gasteiger partial charge on any atom is 0.254 e.